The highest BCUT2D eigenvalue weighted by atomic mass is 32.2. The maximum atomic E-state index is 13.0. The minimum atomic E-state index is -4.28. The Kier molecular flexibility index (Phi) is 12.6. The second-order valence-electron chi connectivity index (χ2n) is 10.7. The summed E-state index contributed by atoms with van der Waals surface area (Å²) in [4.78, 5) is -0.119. The van der Waals surface area contributed by atoms with Gasteiger partial charge < -0.3 is 19.7 Å². The molecule has 246 valence electrons. The molecule has 0 aliphatic carbocycles. The lowest BCUT2D eigenvalue weighted by atomic mass is 10.0. The second kappa shape index (κ2) is 16.4. The number of benzene rings is 4. The Morgan fingerprint density at radius 2 is 0.848 bits per heavy atom. The third-order valence-corrected chi connectivity index (χ3v) is 10.1. The van der Waals surface area contributed by atoms with E-state index in [1.54, 1.807) is 98.8 Å². The summed E-state index contributed by atoms with van der Waals surface area (Å²) >= 11 is 0. The first kappa shape index (κ1) is 35.4. The molecule has 0 saturated carbocycles. The molecule has 4 aromatic rings. The normalized spacial score (nSPS) is 14.8. The molecule has 4 aromatic carbocycles. The Hall–Kier alpha value is -3.46. The predicted octanol–water partition coefficient (Wildman–Crippen LogP) is 4.31. The van der Waals surface area contributed by atoms with Crippen LogP contribution in [-0.4, -0.2) is 64.7 Å². The van der Waals surface area contributed by atoms with Crippen LogP contribution in [0.4, 0.5) is 0 Å². The zero-order chi connectivity index (χ0) is 33.2. The van der Waals surface area contributed by atoms with E-state index in [4.69, 9.17) is 17.8 Å². The van der Waals surface area contributed by atoms with E-state index in [1.807, 2.05) is 12.1 Å². The van der Waals surface area contributed by atoms with Crippen molar-refractivity contribution >= 4 is 20.2 Å². The smallest absolute Gasteiger partial charge is 0.297 e. The van der Waals surface area contributed by atoms with Crippen LogP contribution in [0, 0.1) is 13.8 Å². The Balaban J connectivity index is 1.60. The molecule has 0 aliphatic rings. The van der Waals surface area contributed by atoms with Gasteiger partial charge in [0, 0.05) is 0 Å². The molecule has 0 fully saturated rings. The summed E-state index contributed by atoms with van der Waals surface area (Å²) in [6, 6.07) is 30.5. The van der Waals surface area contributed by atoms with Crippen LogP contribution in [0.1, 0.15) is 22.3 Å². The van der Waals surface area contributed by atoms with E-state index in [2.05, 4.69) is 0 Å². The molecule has 2 N–H and O–H groups in total. The maximum absolute atomic E-state index is 13.0. The van der Waals surface area contributed by atoms with Crippen LogP contribution in [0.2, 0.25) is 0 Å². The van der Waals surface area contributed by atoms with Crippen molar-refractivity contribution in [1.29, 1.82) is 0 Å². The van der Waals surface area contributed by atoms with Crippen molar-refractivity contribution in [3.8, 4) is 0 Å². The van der Waals surface area contributed by atoms with Gasteiger partial charge in [0.2, 0.25) is 0 Å². The fourth-order valence-electron chi connectivity index (χ4n) is 4.69. The lowest BCUT2D eigenvalue weighted by molar-refractivity contribution is -0.174. The van der Waals surface area contributed by atoms with Gasteiger partial charge in [-0.3, -0.25) is 8.37 Å². The second-order valence-corrected chi connectivity index (χ2v) is 13.8. The molecule has 0 radical (unpaired) electrons. The zero-order valence-electron chi connectivity index (χ0n) is 25.5. The average molecular weight is 671 g/mol. The molecule has 0 amide bonds. The van der Waals surface area contributed by atoms with Crippen molar-refractivity contribution in [2.45, 2.75) is 61.3 Å². The van der Waals surface area contributed by atoms with Crippen LogP contribution in [0.15, 0.2) is 119 Å². The summed E-state index contributed by atoms with van der Waals surface area (Å²) in [7, 11) is -8.55. The van der Waals surface area contributed by atoms with E-state index in [1.165, 1.54) is 12.1 Å². The highest BCUT2D eigenvalue weighted by molar-refractivity contribution is 7.87. The summed E-state index contributed by atoms with van der Waals surface area (Å²) in [5, 5.41) is 22.7. The number of aliphatic hydroxyl groups is 2. The Bertz CT molecular complexity index is 1620. The molecule has 0 aliphatic heterocycles. The van der Waals surface area contributed by atoms with E-state index in [-0.39, 0.29) is 23.0 Å². The van der Waals surface area contributed by atoms with Crippen LogP contribution in [0.25, 0.3) is 0 Å². The van der Waals surface area contributed by atoms with Gasteiger partial charge in [0.15, 0.2) is 0 Å². The number of ether oxygens (including phenoxy) is 2. The fraction of sp³-hybridized carbons (Fsp3) is 0.294. The molecule has 4 rings (SSSR count). The maximum Gasteiger partial charge on any atom is 0.297 e. The van der Waals surface area contributed by atoms with E-state index in [0.717, 1.165) is 11.1 Å². The summed E-state index contributed by atoms with van der Waals surface area (Å²) in [6.45, 7) is 1.66. The molecule has 0 bridgehead atoms. The SMILES string of the molecule is Cc1ccccc1S(=O)(=O)OC[C@@H](O)[C@@H](OCc1ccccc1)[C@H](OCc1ccccc1)[C@H](O)COS(=O)(=O)c1ccccc1C. The lowest BCUT2D eigenvalue weighted by Crippen LogP contribution is -2.50. The number of hydrogen-bond donors (Lipinski definition) is 2. The molecule has 0 unspecified atom stereocenters. The highest BCUT2D eigenvalue weighted by Crippen LogP contribution is 2.23. The van der Waals surface area contributed by atoms with Gasteiger partial charge in [-0.25, -0.2) is 0 Å². The van der Waals surface area contributed by atoms with E-state index in [0.29, 0.717) is 11.1 Å². The molecular formula is C34H38O10S2. The minimum absolute atomic E-state index is 0.0482. The van der Waals surface area contributed by atoms with Crippen molar-refractivity contribution in [1.82, 2.24) is 0 Å². The van der Waals surface area contributed by atoms with Gasteiger partial charge in [0.05, 0.1) is 36.2 Å². The number of rotatable bonds is 17. The summed E-state index contributed by atoms with van der Waals surface area (Å²) in [6.07, 6.45) is -6.08. The standard InChI is InChI=1S/C34H38O10S2/c1-25-13-9-11-19-31(25)45(37,38)43-23-29(35)33(41-21-27-15-5-3-6-16-27)34(42-22-28-17-7-4-8-18-28)30(36)24-44-46(39,40)32-20-12-10-14-26(32)2/h3-20,29-30,33-36H,21-24H2,1-2H3/t29-,30-,33-,34-/m1/s1. The van der Waals surface area contributed by atoms with Crippen molar-refractivity contribution in [3.63, 3.8) is 0 Å². The van der Waals surface area contributed by atoms with Gasteiger partial charge in [-0.15, -0.1) is 0 Å². The van der Waals surface area contributed by atoms with Gasteiger partial charge in [-0.1, -0.05) is 97.1 Å². The molecule has 0 spiro atoms. The van der Waals surface area contributed by atoms with Crippen molar-refractivity contribution in [2.24, 2.45) is 0 Å². The van der Waals surface area contributed by atoms with E-state index in [9.17, 15) is 27.0 Å². The molecule has 0 aromatic heterocycles. The van der Waals surface area contributed by atoms with Gasteiger partial charge in [-0.2, -0.15) is 16.8 Å². The monoisotopic (exact) mass is 670 g/mol. The van der Waals surface area contributed by atoms with Crippen LogP contribution >= 0.6 is 0 Å². The summed E-state index contributed by atoms with van der Waals surface area (Å²) < 4.78 is 74.7. The number of hydrogen-bond acceptors (Lipinski definition) is 10. The topological polar surface area (TPSA) is 146 Å². The molecule has 10 nitrogen and oxygen atoms in total. The molecule has 12 heteroatoms. The molecular weight excluding hydrogens is 632 g/mol. The lowest BCUT2D eigenvalue weighted by Gasteiger charge is -2.33. The zero-order valence-corrected chi connectivity index (χ0v) is 27.1. The van der Waals surface area contributed by atoms with E-state index >= 15 is 0 Å². The quantitative estimate of drug-likeness (QED) is 0.156. The van der Waals surface area contributed by atoms with Crippen molar-refractivity contribution < 1.29 is 44.9 Å². The summed E-state index contributed by atoms with van der Waals surface area (Å²) in [5.74, 6) is 0. The Morgan fingerprint density at radius 3 is 1.20 bits per heavy atom. The average Bonchev–Trinajstić information content (AvgIpc) is 3.05. The Labute approximate surface area is 270 Å². The van der Waals surface area contributed by atoms with Crippen LogP contribution in [0.3, 0.4) is 0 Å². The molecule has 46 heavy (non-hydrogen) atoms. The largest absolute Gasteiger partial charge is 0.388 e. The van der Waals surface area contributed by atoms with Crippen molar-refractivity contribution in [2.75, 3.05) is 13.2 Å². The van der Waals surface area contributed by atoms with Crippen LogP contribution in [0.5, 0.6) is 0 Å². The Morgan fingerprint density at radius 1 is 0.522 bits per heavy atom. The van der Waals surface area contributed by atoms with E-state index < -0.39 is 57.9 Å². The van der Waals surface area contributed by atoms with Crippen molar-refractivity contribution in [3.05, 3.63) is 131 Å². The van der Waals surface area contributed by atoms with Crippen LogP contribution < -0.4 is 0 Å². The molecule has 0 saturated heterocycles. The van der Waals surface area contributed by atoms with Crippen LogP contribution in [-0.2, 0) is 51.3 Å². The summed E-state index contributed by atoms with van der Waals surface area (Å²) in [5.41, 5.74) is 2.37. The first-order valence-corrected chi connectivity index (χ1v) is 17.4. The number of aliphatic hydroxyl groups excluding tert-OH is 2. The predicted molar refractivity (Wildman–Crippen MR) is 171 cm³/mol. The molecule has 0 heterocycles. The third kappa shape index (κ3) is 9.77. The first-order valence-electron chi connectivity index (χ1n) is 14.6. The van der Waals surface area contributed by atoms with Gasteiger partial charge in [0.1, 0.15) is 24.4 Å². The first-order chi connectivity index (χ1) is 22.0. The fourth-order valence-corrected chi connectivity index (χ4v) is 7.00. The highest BCUT2D eigenvalue weighted by Gasteiger charge is 2.38. The molecule has 4 atom stereocenters. The number of aryl methyl sites for hydroxylation is 2. The van der Waals surface area contributed by atoms with Gasteiger partial charge in [0.25, 0.3) is 20.2 Å². The van der Waals surface area contributed by atoms with Gasteiger partial charge in [-0.05, 0) is 48.2 Å². The minimum Gasteiger partial charge on any atom is -0.388 e. The van der Waals surface area contributed by atoms with Gasteiger partial charge >= 0.3 is 0 Å². The third-order valence-electron chi connectivity index (χ3n) is 7.17.